The molecule has 0 aliphatic heterocycles. The molecule has 1 aromatic heterocycles. The number of pyridine rings is 1. The highest BCUT2D eigenvalue weighted by Crippen LogP contribution is 2.27. The number of sulfone groups is 1. The van der Waals surface area contributed by atoms with E-state index in [9.17, 15) is 21.9 Å². The van der Waals surface area contributed by atoms with Gasteiger partial charge in [-0.15, -0.1) is 0 Å². The summed E-state index contributed by atoms with van der Waals surface area (Å²) in [5, 5.41) is 9.57. The molecule has 0 aliphatic carbocycles. The number of benzene rings is 2. The highest BCUT2D eigenvalue weighted by Gasteiger charge is 2.23. The fraction of sp³-hybridized carbons (Fsp3) is 0.150. The van der Waals surface area contributed by atoms with Gasteiger partial charge in [0.15, 0.2) is 0 Å². The van der Waals surface area contributed by atoms with Crippen LogP contribution in [0.2, 0.25) is 0 Å². The van der Waals surface area contributed by atoms with Gasteiger partial charge in [0.2, 0.25) is 19.9 Å². The molecule has 0 spiro atoms. The minimum absolute atomic E-state index is 0.111. The number of aryl methyl sites for hydroxylation is 1. The first kappa shape index (κ1) is 21.0. The summed E-state index contributed by atoms with van der Waals surface area (Å²) in [6.07, 6.45) is 2.03. The average molecular weight is 433 g/mol. The fourth-order valence-electron chi connectivity index (χ4n) is 2.76. The van der Waals surface area contributed by atoms with E-state index in [0.717, 1.165) is 17.8 Å². The van der Waals surface area contributed by atoms with Crippen LogP contribution in [0.1, 0.15) is 11.3 Å². The molecule has 0 saturated carbocycles. The van der Waals surface area contributed by atoms with Crippen molar-refractivity contribution in [3.05, 3.63) is 78.1 Å². The Hall–Kier alpha value is -2.75. The van der Waals surface area contributed by atoms with Gasteiger partial charge in [0.05, 0.1) is 14.7 Å². The zero-order valence-corrected chi connectivity index (χ0v) is 17.2. The lowest BCUT2D eigenvalue weighted by molar-refractivity contribution is 0.473. The van der Waals surface area contributed by atoms with Gasteiger partial charge < -0.3 is 5.11 Å². The Balaban J connectivity index is 1.88. The van der Waals surface area contributed by atoms with Crippen molar-refractivity contribution in [3.63, 3.8) is 0 Å². The van der Waals surface area contributed by atoms with E-state index in [2.05, 4.69) is 9.71 Å². The van der Waals surface area contributed by atoms with Gasteiger partial charge >= 0.3 is 0 Å². The van der Waals surface area contributed by atoms with Gasteiger partial charge in [-0.05, 0) is 55.0 Å². The maximum absolute atomic E-state index is 12.8. The maximum Gasteiger partial charge on any atom is 0.240 e. The summed E-state index contributed by atoms with van der Waals surface area (Å²) in [6.45, 7) is 1.72. The first-order chi connectivity index (χ1) is 13.7. The van der Waals surface area contributed by atoms with Crippen LogP contribution in [0.15, 0.2) is 81.5 Å². The van der Waals surface area contributed by atoms with Crippen LogP contribution in [0.25, 0.3) is 0 Å². The summed E-state index contributed by atoms with van der Waals surface area (Å²) in [7, 11) is -7.91. The smallest absolute Gasteiger partial charge is 0.240 e. The normalized spacial score (nSPS) is 12.0. The van der Waals surface area contributed by atoms with Crippen molar-refractivity contribution in [2.75, 3.05) is 6.54 Å². The summed E-state index contributed by atoms with van der Waals surface area (Å²) in [5.41, 5.74) is 1.16. The van der Waals surface area contributed by atoms with Gasteiger partial charge in [-0.2, -0.15) is 0 Å². The standard InChI is InChI=1S/C20H20N2O5S2/c1-15-8-9-19(28(24,25)18-7-4-6-17(23)13-18)14-20(15)29(26,27)22-12-10-16-5-2-3-11-21-16/h2-9,11,13-14,22-23H,10,12H2,1H3. The van der Waals surface area contributed by atoms with Crippen molar-refractivity contribution >= 4 is 19.9 Å². The molecule has 2 N–H and O–H groups in total. The second-order valence-corrected chi connectivity index (χ2v) is 10.1. The number of nitrogens with one attached hydrogen (secondary N) is 1. The summed E-state index contributed by atoms with van der Waals surface area (Å²) in [5.74, 6) is -0.192. The molecule has 0 saturated heterocycles. The molecule has 0 unspecified atom stereocenters. The zero-order valence-electron chi connectivity index (χ0n) is 15.6. The Bertz CT molecular complexity index is 1220. The van der Waals surface area contributed by atoms with Crippen LogP contribution < -0.4 is 4.72 Å². The number of sulfonamides is 1. The third-order valence-electron chi connectivity index (χ3n) is 4.29. The molecular weight excluding hydrogens is 412 g/mol. The predicted octanol–water partition coefficient (Wildman–Crippen LogP) is 2.45. The lowest BCUT2D eigenvalue weighted by Gasteiger charge is -2.12. The summed E-state index contributed by atoms with van der Waals surface area (Å²) in [4.78, 5) is 3.74. The number of phenolic OH excluding ortho intramolecular Hbond substituents is 1. The number of rotatable bonds is 7. The van der Waals surface area contributed by atoms with E-state index >= 15 is 0 Å². The Morgan fingerprint density at radius 3 is 2.38 bits per heavy atom. The van der Waals surface area contributed by atoms with Crippen molar-refractivity contribution in [2.45, 2.75) is 28.0 Å². The first-order valence-electron chi connectivity index (χ1n) is 8.74. The highest BCUT2D eigenvalue weighted by atomic mass is 32.2. The minimum Gasteiger partial charge on any atom is -0.508 e. The van der Waals surface area contributed by atoms with Crippen LogP contribution in [0.3, 0.4) is 0 Å². The Morgan fingerprint density at radius 2 is 1.69 bits per heavy atom. The molecular formula is C20H20N2O5S2. The molecule has 3 aromatic rings. The van der Waals surface area contributed by atoms with E-state index in [1.54, 1.807) is 25.3 Å². The number of nitrogens with zero attached hydrogens (tertiary/aromatic N) is 1. The Morgan fingerprint density at radius 1 is 0.931 bits per heavy atom. The SMILES string of the molecule is Cc1ccc(S(=O)(=O)c2cccc(O)c2)cc1S(=O)(=O)NCCc1ccccn1. The molecule has 152 valence electrons. The van der Waals surface area contributed by atoms with E-state index in [1.165, 1.54) is 30.3 Å². The van der Waals surface area contributed by atoms with Crippen LogP contribution in [0.4, 0.5) is 0 Å². The van der Waals surface area contributed by atoms with E-state index in [1.807, 2.05) is 6.07 Å². The van der Waals surface area contributed by atoms with E-state index in [0.29, 0.717) is 12.0 Å². The topological polar surface area (TPSA) is 113 Å². The van der Waals surface area contributed by atoms with Crippen LogP contribution in [-0.4, -0.2) is 33.5 Å². The molecule has 0 aliphatic rings. The number of aromatic nitrogens is 1. The molecule has 0 fully saturated rings. The number of aromatic hydroxyl groups is 1. The largest absolute Gasteiger partial charge is 0.508 e. The molecule has 0 amide bonds. The second kappa shape index (κ2) is 8.32. The first-order valence-corrected chi connectivity index (χ1v) is 11.7. The van der Waals surface area contributed by atoms with E-state index in [-0.39, 0.29) is 27.0 Å². The highest BCUT2D eigenvalue weighted by molar-refractivity contribution is 7.91. The van der Waals surface area contributed by atoms with Crippen molar-refractivity contribution in [2.24, 2.45) is 0 Å². The Labute approximate surface area is 170 Å². The van der Waals surface area contributed by atoms with Gasteiger partial charge in [0, 0.05) is 24.9 Å². The van der Waals surface area contributed by atoms with Crippen molar-refractivity contribution < 1.29 is 21.9 Å². The number of hydrogen-bond acceptors (Lipinski definition) is 6. The predicted molar refractivity (Wildman–Crippen MR) is 108 cm³/mol. The molecule has 0 atom stereocenters. The van der Waals surface area contributed by atoms with E-state index in [4.69, 9.17) is 0 Å². The molecule has 9 heteroatoms. The minimum atomic E-state index is -3.99. The van der Waals surface area contributed by atoms with Gasteiger partial charge in [0.1, 0.15) is 5.75 Å². The van der Waals surface area contributed by atoms with Gasteiger partial charge in [-0.3, -0.25) is 4.98 Å². The van der Waals surface area contributed by atoms with Crippen molar-refractivity contribution in [3.8, 4) is 5.75 Å². The lowest BCUT2D eigenvalue weighted by Crippen LogP contribution is -2.27. The van der Waals surface area contributed by atoms with Crippen LogP contribution >= 0.6 is 0 Å². The molecule has 0 radical (unpaired) electrons. The van der Waals surface area contributed by atoms with E-state index < -0.39 is 19.9 Å². The third kappa shape index (κ3) is 4.81. The molecule has 7 nitrogen and oxygen atoms in total. The maximum atomic E-state index is 12.8. The summed E-state index contributed by atoms with van der Waals surface area (Å²) < 4.78 is 53.7. The molecule has 2 aromatic carbocycles. The molecule has 0 bridgehead atoms. The summed E-state index contributed by atoms with van der Waals surface area (Å²) >= 11 is 0. The zero-order chi connectivity index (χ0) is 21.1. The molecule has 1 heterocycles. The second-order valence-electron chi connectivity index (χ2n) is 6.40. The van der Waals surface area contributed by atoms with Crippen LogP contribution in [0, 0.1) is 6.92 Å². The number of hydrogen-bond donors (Lipinski definition) is 2. The van der Waals surface area contributed by atoms with Gasteiger partial charge in [-0.25, -0.2) is 21.6 Å². The molecule has 3 rings (SSSR count). The third-order valence-corrected chi connectivity index (χ3v) is 7.64. The van der Waals surface area contributed by atoms with Crippen molar-refractivity contribution in [1.29, 1.82) is 0 Å². The van der Waals surface area contributed by atoms with Crippen molar-refractivity contribution in [1.82, 2.24) is 9.71 Å². The van der Waals surface area contributed by atoms with Gasteiger partial charge in [-0.1, -0.05) is 18.2 Å². The quantitative estimate of drug-likeness (QED) is 0.593. The summed E-state index contributed by atoms with van der Waals surface area (Å²) in [6, 6.07) is 14.5. The van der Waals surface area contributed by atoms with Gasteiger partial charge in [0.25, 0.3) is 0 Å². The lowest BCUT2D eigenvalue weighted by atomic mass is 10.2. The Kier molecular flexibility index (Phi) is 6.02. The monoisotopic (exact) mass is 432 g/mol. The molecule has 29 heavy (non-hydrogen) atoms. The average Bonchev–Trinajstić information content (AvgIpc) is 2.68. The van der Waals surface area contributed by atoms with Crippen LogP contribution in [0.5, 0.6) is 5.75 Å². The van der Waals surface area contributed by atoms with Crippen LogP contribution in [-0.2, 0) is 26.3 Å². The fourth-order valence-corrected chi connectivity index (χ4v) is 5.46. The number of phenols is 1.